The molecule has 0 aliphatic heterocycles. The van der Waals surface area contributed by atoms with E-state index in [4.69, 9.17) is 0 Å². The van der Waals surface area contributed by atoms with Gasteiger partial charge in [-0.15, -0.1) is 0 Å². The van der Waals surface area contributed by atoms with Gasteiger partial charge in [-0.05, 0) is 60.4 Å². The maximum Gasteiger partial charge on any atom is 0.123 e. The number of benzene rings is 1. The summed E-state index contributed by atoms with van der Waals surface area (Å²) >= 11 is 1.98. The van der Waals surface area contributed by atoms with E-state index in [0.29, 0.717) is 11.8 Å². The maximum absolute atomic E-state index is 13.4. The zero-order chi connectivity index (χ0) is 14.8. The third-order valence-corrected chi connectivity index (χ3v) is 4.29. The van der Waals surface area contributed by atoms with Crippen molar-refractivity contribution in [3.05, 3.63) is 35.6 Å². The Morgan fingerprint density at radius 1 is 1.25 bits per heavy atom. The standard InChI is InChI=1S/C17H28FNS/c1-4-20-10-6-8-16(13-19-12-14(2)3)15-7-5-9-17(18)11-15/h5,7,9,11,14,16,19H,4,6,8,10,12-13H2,1-3H3. The van der Waals surface area contributed by atoms with Crippen molar-refractivity contribution in [2.24, 2.45) is 5.92 Å². The molecule has 1 rings (SSSR count). The second-order valence-corrected chi connectivity index (χ2v) is 7.04. The molecule has 0 heterocycles. The molecule has 0 spiro atoms. The Morgan fingerprint density at radius 2 is 2.05 bits per heavy atom. The molecule has 3 heteroatoms. The molecule has 0 fully saturated rings. The van der Waals surface area contributed by atoms with Gasteiger partial charge in [0.1, 0.15) is 5.82 Å². The van der Waals surface area contributed by atoms with Gasteiger partial charge in [-0.2, -0.15) is 11.8 Å². The lowest BCUT2D eigenvalue weighted by atomic mass is 9.94. The summed E-state index contributed by atoms with van der Waals surface area (Å²) in [5.74, 6) is 3.32. The van der Waals surface area contributed by atoms with E-state index in [1.54, 1.807) is 6.07 Å². The largest absolute Gasteiger partial charge is 0.316 e. The van der Waals surface area contributed by atoms with E-state index in [1.165, 1.54) is 24.0 Å². The second-order valence-electron chi connectivity index (χ2n) is 5.64. The molecule has 1 N–H and O–H groups in total. The lowest BCUT2D eigenvalue weighted by Gasteiger charge is -2.19. The molecule has 0 bridgehead atoms. The highest BCUT2D eigenvalue weighted by Gasteiger charge is 2.12. The van der Waals surface area contributed by atoms with Gasteiger partial charge in [0, 0.05) is 6.54 Å². The number of thioether (sulfide) groups is 1. The monoisotopic (exact) mass is 297 g/mol. The average molecular weight is 297 g/mol. The summed E-state index contributed by atoms with van der Waals surface area (Å²) in [5, 5.41) is 3.51. The van der Waals surface area contributed by atoms with E-state index >= 15 is 0 Å². The molecule has 1 nitrogen and oxygen atoms in total. The van der Waals surface area contributed by atoms with Gasteiger partial charge in [-0.25, -0.2) is 4.39 Å². The normalized spacial score (nSPS) is 12.8. The first-order valence-corrected chi connectivity index (χ1v) is 8.82. The number of halogens is 1. The highest BCUT2D eigenvalue weighted by atomic mass is 32.2. The molecule has 0 saturated heterocycles. The molecule has 1 aromatic carbocycles. The molecule has 0 aliphatic carbocycles. The highest BCUT2D eigenvalue weighted by Crippen LogP contribution is 2.22. The van der Waals surface area contributed by atoms with Crippen molar-refractivity contribution in [1.29, 1.82) is 0 Å². The number of nitrogens with one attached hydrogen (secondary N) is 1. The number of rotatable bonds is 10. The summed E-state index contributed by atoms with van der Waals surface area (Å²) in [6, 6.07) is 7.09. The molecule has 0 amide bonds. The Balaban J connectivity index is 2.53. The van der Waals surface area contributed by atoms with Crippen molar-refractivity contribution in [2.45, 2.75) is 39.5 Å². The van der Waals surface area contributed by atoms with Crippen LogP contribution in [-0.4, -0.2) is 24.6 Å². The molecule has 114 valence electrons. The molecule has 1 atom stereocenters. The topological polar surface area (TPSA) is 12.0 Å². The summed E-state index contributed by atoms with van der Waals surface area (Å²) in [4.78, 5) is 0. The average Bonchev–Trinajstić information content (AvgIpc) is 2.41. The van der Waals surface area contributed by atoms with Gasteiger partial charge in [0.25, 0.3) is 0 Å². The number of hydrogen-bond donors (Lipinski definition) is 1. The van der Waals surface area contributed by atoms with Crippen LogP contribution in [0.2, 0.25) is 0 Å². The van der Waals surface area contributed by atoms with E-state index in [1.807, 2.05) is 17.8 Å². The van der Waals surface area contributed by atoms with Crippen molar-refractivity contribution >= 4 is 11.8 Å². The molecule has 0 aromatic heterocycles. The van der Waals surface area contributed by atoms with Crippen molar-refractivity contribution in [1.82, 2.24) is 5.32 Å². The fraction of sp³-hybridized carbons (Fsp3) is 0.647. The Labute approximate surface area is 127 Å². The molecule has 1 aromatic rings. The van der Waals surface area contributed by atoms with E-state index in [2.05, 4.69) is 32.2 Å². The zero-order valence-electron chi connectivity index (χ0n) is 13.0. The Hall–Kier alpha value is -0.540. The van der Waals surface area contributed by atoms with Gasteiger partial charge < -0.3 is 5.32 Å². The summed E-state index contributed by atoms with van der Waals surface area (Å²) in [6.45, 7) is 8.58. The van der Waals surface area contributed by atoms with Gasteiger partial charge in [-0.1, -0.05) is 32.9 Å². The lowest BCUT2D eigenvalue weighted by molar-refractivity contribution is 0.496. The van der Waals surface area contributed by atoms with E-state index in [0.717, 1.165) is 25.1 Å². The molecular formula is C17H28FNS. The van der Waals surface area contributed by atoms with Crippen LogP contribution in [0.15, 0.2) is 24.3 Å². The minimum Gasteiger partial charge on any atom is -0.316 e. The van der Waals surface area contributed by atoms with Gasteiger partial charge in [0.2, 0.25) is 0 Å². The highest BCUT2D eigenvalue weighted by molar-refractivity contribution is 7.99. The SMILES string of the molecule is CCSCCCC(CNCC(C)C)c1cccc(F)c1. The predicted molar refractivity (Wildman–Crippen MR) is 89.1 cm³/mol. The molecule has 0 radical (unpaired) electrons. The van der Waals surface area contributed by atoms with Crippen LogP contribution in [0.1, 0.15) is 45.1 Å². The van der Waals surface area contributed by atoms with Crippen LogP contribution < -0.4 is 5.32 Å². The van der Waals surface area contributed by atoms with Crippen LogP contribution in [0.3, 0.4) is 0 Å². The quantitative estimate of drug-likeness (QED) is 0.629. The first-order valence-electron chi connectivity index (χ1n) is 7.67. The summed E-state index contributed by atoms with van der Waals surface area (Å²) in [6.07, 6.45) is 2.32. The van der Waals surface area contributed by atoms with Gasteiger partial charge >= 0.3 is 0 Å². The Bertz CT molecular complexity index is 368. The van der Waals surface area contributed by atoms with E-state index in [9.17, 15) is 4.39 Å². The van der Waals surface area contributed by atoms with Crippen LogP contribution >= 0.6 is 11.8 Å². The minimum atomic E-state index is -0.126. The van der Waals surface area contributed by atoms with Crippen LogP contribution in [0, 0.1) is 11.7 Å². The fourth-order valence-electron chi connectivity index (χ4n) is 2.27. The van der Waals surface area contributed by atoms with Crippen molar-refractivity contribution in [3.63, 3.8) is 0 Å². The zero-order valence-corrected chi connectivity index (χ0v) is 13.8. The third-order valence-electron chi connectivity index (χ3n) is 3.31. The number of hydrogen-bond acceptors (Lipinski definition) is 2. The first-order chi connectivity index (χ1) is 9.63. The van der Waals surface area contributed by atoms with Crippen LogP contribution in [0.5, 0.6) is 0 Å². The summed E-state index contributed by atoms with van der Waals surface area (Å²) in [5.41, 5.74) is 1.13. The lowest BCUT2D eigenvalue weighted by Crippen LogP contribution is -2.25. The van der Waals surface area contributed by atoms with Crippen LogP contribution in [-0.2, 0) is 0 Å². The third kappa shape index (κ3) is 7.30. The predicted octanol–water partition coefficient (Wildman–Crippen LogP) is 4.69. The maximum atomic E-state index is 13.4. The molecule has 1 unspecified atom stereocenters. The smallest absolute Gasteiger partial charge is 0.123 e. The van der Waals surface area contributed by atoms with Gasteiger partial charge in [0.15, 0.2) is 0 Å². The van der Waals surface area contributed by atoms with E-state index < -0.39 is 0 Å². The first kappa shape index (κ1) is 17.5. The summed E-state index contributed by atoms with van der Waals surface area (Å²) in [7, 11) is 0. The van der Waals surface area contributed by atoms with Gasteiger partial charge in [-0.3, -0.25) is 0 Å². The minimum absolute atomic E-state index is 0.126. The van der Waals surface area contributed by atoms with Crippen molar-refractivity contribution < 1.29 is 4.39 Å². The molecule has 0 aliphatic rings. The fourth-order valence-corrected chi connectivity index (χ4v) is 2.93. The van der Waals surface area contributed by atoms with E-state index in [-0.39, 0.29) is 5.82 Å². The Morgan fingerprint density at radius 3 is 2.70 bits per heavy atom. The second kappa shape index (κ2) is 10.2. The summed E-state index contributed by atoms with van der Waals surface area (Å²) < 4.78 is 13.4. The molecule has 20 heavy (non-hydrogen) atoms. The van der Waals surface area contributed by atoms with Crippen molar-refractivity contribution in [3.8, 4) is 0 Å². The van der Waals surface area contributed by atoms with Crippen LogP contribution in [0.4, 0.5) is 4.39 Å². The van der Waals surface area contributed by atoms with Gasteiger partial charge in [0.05, 0.1) is 0 Å². The Kier molecular flexibility index (Phi) is 8.95. The molecule has 0 saturated carbocycles. The van der Waals surface area contributed by atoms with Crippen molar-refractivity contribution in [2.75, 3.05) is 24.6 Å². The van der Waals surface area contributed by atoms with Crippen LogP contribution in [0.25, 0.3) is 0 Å². The molecular weight excluding hydrogens is 269 g/mol.